The van der Waals surface area contributed by atoms with Crippen molar-refractivity contribution in [2.75, 3.05) is 66.1 Å². The summed E-state index contributed by atoms with van der Waals surface area (Å²) in [4.78, 5) is 21.6. The van der Waals surface area contributed by atoms with E-state index < -0.39 is 5.97 Å². The number of esters is 2. The summed E-state index contributed by atoms with van der Waals surface area (Å²) in [5.74, 6) is 4.03. The molecule has 238 valence electrons. The second-order valence-electron chi connectivity index (χ2n) is 10.9. The van der Waals surface area contributed by atoms with Gasteiger partial charge in [0.15, 0.2) is 0 Å². The molecule has 4 atom stereocenters. The van der Waals surface area contributed by atoms with Gasteiger partial charge in [-0.3, -0.25) is 0 Å². The van der Waals surface area contributed by atoms with E-state index in [1.807, 2.05) is 13.8 Å². The minimum Gasteiger partial charge on any atom is -0.460 e. The van der Waals surface area contributed by atoms with Crippen LogP contribution in [0.2, 0.25) is 0 Å². The third kappa shape index (κ3) is 17.7. The van der Waals surface area contributed by atoms with Gasteiger partial charge < -0.3 is 28.4 Å². The molecule has 8 nitrogen and oxygen atoms in total. The molecule has 3 aliphatic carbocycles. The van der Waals surface area contributed by atoms with Gasteiger partial charge in [-0.25, -0.2) is 9.59 Å². The van der Waals surface area contributed by atoms with Gasteiger partial charge >= 0.3 is 11.9 Å². The maximum Gasteiger partial charge on any atom is 0.333 e. The van der Waals surface area contributed by atoms with E-state index in [2.05, 4.69) is 13.2 Å². The van der Waals surface area contributed by atoms with Crippen molar-refractivity contribution in [3.05, 3.63) is 24.8 Å². The highest BCUT2D eigenvalue weighted by Gasteiger charge is 2.48. The molecule has 3 rings (SSSR count). The average molecular weight is 583 g/mol. The highest BCUT2D eigenvalue weighted by molar-refractivity contribution is 5.86. The fraction of sp³-hybridized carbons (Fsp3) is 0.818. The molecule has 0 radical (unpaired) electrons. The molecule has 0 heterocycles. The van der Waals surface area contributed by atoms with Crippen LogP contribution in [0.15, 0.2) is 24.8 Å². The minimum absolute atomic E-state index is 0.288. The molecular formula is C33H58O8. The summed E-state index contributed by atoms with van der Waals surface area (Å²) in [6.07, 6.45) is 14.6. The third-order valence-electron chi connectivity index (χ3n) is 7.86. The Balaban J connectivity index is 0.000000313. The van der Waals surface area contributed by atoms with Gasteiger partial charge in [0, 0.05) is 51.3 Å². The molecule has 0 spiro atoms. The van der Waals surface area contributed by atoms with E-state index in [9.17, 15) is 9.59 Å². The van der Waals surface area contributed by atoms with Gasteiger partial charge in [-0.2, -0.15) is 0 Å². The SMILES string of the molecule is C1CC2C3CCC(C3)C2C1.C=C(C)C(=O)OCCOCCCCOCC.C=CC(=O)OCCOCCCCOCC. The molecular weight excluding hydrogens is 524 g/mol. The Morgan fingerprint density at radius 3 is 1.59 bits per heavy atom. The van der Waals surface area contributed by atoms with E-state index in [1.54, 1.807) is 45.4 Å². The Kier molecular flexibility index (Phi) is 22.6. The maximum atomic E-state index is 11.0. The Bertz CT molecular complexity index is 693. The molecule has 3 aliphatic rings. The summed E-state index contributed by atoms with van der Waals surface area (Å²) < 4.78 is 30.5. The molecule has 4 unspecified atom stereocenters. The number of unbranched alkanes of at least 4 members (excludes halogenated alkanes) is 2. The Morgan fingerprint density at radius 2 is 1.15 bits per heavy atom. The molecule has 0 aromatic heterocycles. The molecule has 0 aromatic carbocycles. The van der Waals surface area contributed by atoms with Gasteiger partial charge in [0.05, 0.1) is 13.2 Å². The van der Waals surface area contributed by atoms with E-state index in [1.165, 1.54) is 23.7 Å². The van der Waals surface area contributed by atoms with E-state index in [-0.39, 0.29) is 19.2 Å². The van der Waals surface area contributed by atoms with E-state index in [0.29, 0.717) is 32.0 Å². The second kappa shape index (κ2) is 24.8. The van der Waals surface area contributed by atoms with Gasteiger partial charge in [-0.15, -0.1) is 0 Å². The van der Waals surface area contributed by atoms with Crippen LogP contribution in [0.3, 0.4) is 0 Å². The van der Waals surface area contributed by atoms with Crippen LogP contribution in [0, 0.1) is 23.7 Å². The Labute approximate surface area is 249 Å². The van der Waals surface area contributed by atoms with Crippen molar-refractivity contribution in [2.45, 2.75) is 85.0 Å². The molecule has 8 heteroatoms. The first-order valence-electron chi connectivity index (χ1n) is 15.9. The standard InChI is InChI=1S/C12H22O4.C11H20O4.C10H16/c1-4-14-7-5-6-8-15-9-10-16-12(13)11(2)3;1-3-11(12)15-10-9-14-8-6-5-7-13-4-2;1-2-9-7-4-5-8(6-7)10(9)3-1/h2,4-10H2,1,3H3;3H,1,4-10H2,2H3;7-10H,1-6H2. The van der Waals surface area contributed by atoms with Gasteiger partial charge in [-0.1, -0.05) is 19.6 Å². The lowest BCUT2D eigenvalue weighted by Crippen LogP contribution is -2.15. The number of hydrogen-bond acceptors (Lipinski definition) is 8. The van der Waals surface area contributed by atoms with Crippen LogP contribution in [0.4, 0.5) is 0 Å². The van der Waals surface area contributed by atoms with E-state index in [0.717, 1.165) is 58.2 Å². The summed E-state index contributed by atoms with van der Waals surface area (Å²) >= 11 is 0. The molecule has 0 aliphatic heterocycles. The van der Waals surface area contributed by atoms with Gasteiger partial charge in [-0.05, 0) is 102 Å². The van der Waals surface area contributed by atoms with Crippen LogP contribution in [0.1, 0.15) is 85.0 Å². The normalized spacial score (nSPS) is 21.6. The molecule has 0 saturated heterocycles. The molecule has 0 aromatic rings. The predicted octanol–water partition coefficient (Wildman–Crippen LogP) is 6.32. The summed E-state index contributed by atoms with van der Waals surface area (Å²) in [6, 6.07) is 0. The summed E-state index contributed by atoms with van der Waals surface area (Å²) in [6.45, 7) is 18.2. The summed E-state index contributed by atoms with van der Waals surface area (Å²) in [5, 5.41) is 0. The number of fused-ring (bicyclic) bond motifs is 5. The topological polar surface area (TPSA) is 89.5 Å². The molecule has 41 heavy (non-hydrogen) atoms. The molecule has 2 bridgehead atoms. The van der Waals surface area contributed by atoms with Crippen molar-refractivity contribution in [1.82, 2.24) is 0 Å². The fourth-order valence-corrected chi connectivity index (χ4v) is 5.90. The lowest BCUT2D eigenvalue weighted by molar-refractivity contribution is -0.140. The zero-order valence-corrected chi connectivity index (χ0v) is 26.2. The monoisotopic (exact) mass is 582 g/mol. The van der Waals surface area contributed by atoms with Crippen LogP contribution in [0.25, 0.3) is 0 Å². The lowest BCUT2D eigenvalue weighted by atomic mass is 9.82. The largest absolute Gasteiger partial charge is 0.460 e. The Morgan fingerprint density at radius 1 is 0.683 bits per heavy atom. The first-order chi connectivity index (χ1) is 19.9. The molecule has 0 amide bonds. The van der Waals surface area contributed by atoms with Crippen LogP contribution in [0.5, 0.6) is 0 Å². The van der Waals surface area contributed by atoms with E-state index in [4.69, 9.17) is 28.4 Å². The maximum absolute atomic E-state index is 11.0. The molecule has 0 N–H and O–H groups in total. The Hall–Kier alpha value is -1.74. The van der Waals surface area contributed by atoms with Crippen molar-refractivity contribution in [3.8, 4) is 0 Å². The number of hydrogen-bond donors (Lipinski definition) is 0. The van der Waals surface area contributed by atoms with Crippen molar-refractivity contribution in [1.29, 1.82) is 0 Å². The van der Waals surface area contributed by atoms with Crippen molar-refractivity contribution < 1.29 is 38.0 Å². The van der Waals surface area contributed by atoms with Crippen LogP contribution in [-0.4, -0.2) is 78.0 Å². The minimum atomic E-state index is -0.407. The summed E-state index contributed by atoms with van der Waals surface area (Å²) in [5.41, 5.74) is 0.414. The zero-order chi connectivity index (χ0) is 30.1. The van der Waals surface area contributed by atoms with Crippen LogP contribution < -0.4 is 0 Å². The van der Waals surface area contributed by atoms with Gasteiger partial charge in [0.1, 0.15) is 13.2 Å². The fourth-order valence-electron chi connectivity index (χ4n) is 5.90. The lowest BCUT2D eigenvalue weighted by Gasteiger charge is -2.23. The number of rotatable bonds is 20. The van der Waals surface area contributed by atoms with Crippen molar-refractivity contribution in [3.63, 3.8) is 0 Å². The van der Waals surface area contributed by atoms with Crippen LogP contribution in [-0.2, 0) is 38.0 Å². The highest BCUT2D eigenvalue weighted by Crippen LogP contribution is 2.58. The van der Waals surface area contributed by atoms with Gasteiger partial charge in [0.25, 0.3) is 0 Å². The zero-order valence-electron chi connectivity index (χ0n) is 26.2. The van der Waals surface area contributed by atoms with Gasteiger partial charge in [0.2, 0.25) is 0 Å². The first-order valence-corrected chi connectivity index (χ1v) is 15.9. The van der Waals surface area contributed by atoms with Crippen molar-refractivity contribution in [2.24, 2.45) is 23.7 Å². The molecule has 3 saturated carbocycles. The van der Waals surface area contributed by atoms with Crippen LogP contribution >= 0.6 is 0 Å². The number of carbonyl (C=O) groups excluding carboxylic acids is 2. The quantitative estimate of drug-likeness (QED) is 0.0936. The average Bonchev–Trinajstić information content (AvgIpc) is 3.72. The smallest absolute Gasteiger partial charge is 0.333 e. The number of ether oxygens (including phenoxy) is 6. The first kappa shape index (κ1) is 37.3. The third-order valence-corrected chi connectivity index (χ3v) is 7.86. The van der Waals surface area contributed by atoms with Crippen molar-refractivity contribution >= 4 is 11.9 Å². The highest BCUT2D eigenvalue weighted by atomic mass is 16.6. The second-order valence-corrected chi connectivity index (χ2v) is 10.9. The molecule has 3 fully saturated rings. The number of carbonyl (C=O) groups is 2. The van der Waals surface area contributed by atoms with E-state index >= 15 is 0 Å². The summed E-state index contributed by atoms with van der Waals surface area (Å²) in [7, 11) is 0. The predicted molar refractivity (Wildman–Crippen MR) is 162 cm³/mol.